The molecule has 0 heterocycles. The van der Waals surface area contributed by atoms with Gasteiger partial charge in [0.05, 0.1) is 6.54 Å². The third kappa shape index (κ3) is 6.03. The molecule has 1 N–H and O–H groups in total. The SMILES string of the molecule is C[C@@H](c1ccc(F)cc1)N(C)CC(=O)Nc1ccc(OC(F)(F)F)cc1. The van der Waals surface area contributed by atoms with Crippen molar-refractivity contribution >= 4 is 11.6 Å². The molecule has 26 heavy (non-hydrogen) atoms. The molecule has 0 aliphatic heterocycles. The Morgan fingerprint density at radius 2 is 1.69 bits per heavy atom. The third-order valence-electron chi connectivity index (χ3n) is 3.78. The van der Waals surface area contributed by atoms with Crippen molar-refractivity contribution in [3.63, 3.8) is 0 Å². The molecule has 0 aliphatic carbocycles. The monoisotopic (exact) mass is 370 g/mol. The van der Waals surface area contributed by atoms with Gasteiger partial charge in [-0.1, -0.05) is 12.1 Å². The van der Waals surface area contributed by atoms with Crippen LogP contribution in [0.1, 0.15) is 18.5 Å². The summed E-state index contributed by atoms with van der Waals surface area (Å²) in [6, 6.07) is 10.8. The van der Waals surface area contributed by atoms with Gasteiger partial charge in [0.1, 0.15) is 11.6 Å². The molecule has 0 bridgehead atoms. The van der Waals surface area contributed by atoms with E-state index in [1.807, 2.05) is 6.92 Å². The van der Waals surface area contributed by atoms with E-state index in [2.05, 4.69) is 10.1 Å². The molecular formula is C18H18F4N2O2. The zero-order valence-corrected chi connectivity index (χ0v) is 14.2. The van der Waals surface area contributed by atoms with Crippen LogP contribution < -0.4 is 10.1 Å². The molecule has 0 saturated heterocycles. The van der Waals surface area contributed by atoms with Crippen LogP contribution in [-0.2, 0) is 4.79 Å². The van der Waals surface area contributed by atoms with Crippen molar-refractivity contribution in [1.29, 1.82) is 0 Å². The van der Waals surface area contributed by atoms with Crippen LogP contribution in [0.5, 0.6) is 5.75 Å². The Hall–Kier alpha value is -2.61. The maximum absolute atomic E-state index is 13.0. The minimum absolute atomic E-state index is 0.0549. The van der Waals surface area contributed by atoms with Crippen LogP contribution in [0.25, 0.3) is 0 Å². The normalized spacial score (nSPS) is 12.7. The molecule has 0 saturated carbocycles. The Bertz CT molecular complexity index is 730. The highest BCUT2D eigenvalue weighted by atomic mass is 19.4. The lowest BCUT2D eigenvalue weighted by Gasteiger charge is -2.24. The van der Waals surface area contributed by atoms with Crippen LogP contribution in [0.4, 0.5) is 23.2 Å². The Balaban J connectivity index is 1.90. The molecule has 2 rings (SSSR count). The molecule has 4 nitrogen and oxygen atoms in total. The van der Waals surface area contributed by atoms with E-state index in [4.69, 9.17) is 0 Å². The quantitative estimate of drug-likeness (QED) is 0.769. The fraction of sp³-hybridized carbons (Fsp3) is 0.278. The van der Waals surface area contributed by atoms with Gasteiger partial charge in [0.15, 0.2) is 0 Å². The summed E-state index contributed by atoms with van der Waals surface area (Å²) in [5.41, 5.74) is 1.21. The number of nitrogens with zero attached hydrogens (tertiary/aromatic N) is 1. The summed E-state index contributed by atoms with van der Waals surface area (Å²) in [4.78, 5) is 13.9. The van der Waals surface area contributed by atoms with E-state index in [-0.39, 0.29) is 30.1 Å². The number of likely N-dealkylation sites (N-methyl/N-ethyl adjacent to an activating group) is 1. The minimum Gasteiger partial charge on any atom is -0.406 e. The van der Waals surface area contributed by atoms with Crippen LogP contribution in [0.3, 0.4) is 0 Å². The van der Waals surface area contributed by atoms with E-state index < -0.39 is 6.36 Å². The van der Waals surface area contributed by atoms with Crippen LogP contribution in [-0.4, -0.2) is 30.8 Å². The van der Waals surface area contributed by atoms with E-state index in [9.17, 15) is 22.4 Å². The number of hydrogen-bond acceptors (Lipinski definition) is 3. The Morgan fingerprint density at radius 1 is 1.12 bits per heavy atom. The lowest BCUT2D eigenvalue weighted by atomic mass is 10.1. The predicted octanol–water partition coefficient (Wildman–Crippen LogP) is 4.36. The topological polar surface area (TPSA) is 41.6 Å². The highest BCUT2D eigenvalue weighted by molar-refractivity contribution is 5.92. The molecule has 2 aromatic rings. The summed E-state index contributed by atoms with van der Waals surface area (Å²) in [5.74, 6) is -1.03. The molecule has 8 heteroatoms. The summed E-state index contributed by atoms with van der Waals surface area (Å²) in [7, 11) is 1.74. The van der Waals surface area contributed by atoms with Gasteiger partial charge < -0.3 is 10.1 Å². The number of benzene rings is 2. The number of rotatable bonds is 6. The molecule has 0 radical (unpaired) electrons. The highest BCUT2D eigenvalue weighted by Crippen LogP contribution is 2.24. The smallest absolute Gasteiger partial charge is 0.406 e. The first-order chi connectivity index (χ1) is 12.1. The van der Waals surface area contributed by atoms with E-state index in [1.54, 1.807) is 24.1 Å². The molecular weight excluding hydrogens is 352 g/mol. The van der Waals surface area contributed by atoms with Crippen LogP contribution >= 0.6 is 0 Å². The van der Waals surface area contributed by atoms with Gasteiger partial charge in [-0.3, -0.25) is 9.69 Å². The number of amides is 1. The first-order valence-corrected chi connectivity index (χ1v) is 7.75. The van der Waals surface area contributed by atoms with E-state index >= 15 is 0 Å². The van der Waals surface area contributed by atoms with Gasteiger partial charge in [0.25, 0.3) is 0 Å². The number of ether oxygens (including phenoxy) is 1. The van der Waals surface area contributed by atoms with Gasteiger partial charge in [0.2, 0.25) is 5.91 Å². The summed E-state index contributed by atoms with van der Waals surface area (Å²) in [6.07, 6.45) is -4.76. The lowest BCUT2D eigenvalue weighted by Crippen LogP contribution is -2.32. The second-order valence-electron chi connectivity index (χ2n) is 5.76. The van der Waals surface area contributed by atoms with Gasteiger partial charge in [-0.05, 0) is 55.9 Å². The average molecular weight is 370 g/mol. The lowest BCUT2D eigenvalue weighted by molar-refractivity contribution is -0.274. The highest BCUT2D eigenvalue weighted by Gasteiger charge is 2.31. The molecule has 0 fully saturated rings. The number of nitrogens with one attached hydrogen (secondary N) is 1. The Kier molecular flexibility index (Phi) is 6.20. The summed E-state index contributed by atoms with van der Waals surface area (Å²) >= 11 is 0. The first kappa shape index (κ1) is 19.7. The van der Waals surface area contributed by atoms with E-state index in [0.29, 0.717) is 5.69 Å². The molecule has 1 amide bonds. The van der Waals surface area contributed by atoms with Gasteiger partial charge in [-0.25, -0.2) is 4.39 Å². The summed E-state index contributed by atoms with van der Waals surface area (Å²) < 4.78 is 53.1. The average Bonchev–Trinajstić information content (AvgIpc) is 2.55. The zero-order chi connectivity index (χ0) is 19.3. The van der Waals surface area contributed by atoms with Crippen molar-refractivity contribution in [2.75, 3.05) is 18.9 Å². The summed E-state index contributed by atoms with van der Waals surface area (Å²) in [5, 5.41) is 2.60. The Morgan fingerprint density at radius 3 is 2.23 bits per heavy atom. The number of anilines is 1. The second kappa shape index (κ2) is 8.18. The minimum atomic E-state index is -4.76. The van der Waals surface area contributed by atoms with Gasteiger partial charge in [0, 0.05) is 11.7 Å². The second-order valence-corrected chi connectivity index (χ2v) is 5.76. The van der Waals surface area contributed by atoms with E-state index in [0.717, 1.165) is 17.7 Å². The van der Waals surface area contributed by atoms with Crippen LogP contribution in [0, 0.1) is 5.82 Å². The van der Waals surface area contributed by atoms with Crippen molar-refractivity contribution in [2.24, 2.45) is 0 Å². The molecule has 140 valence electrons. The van der Waals surface area contributed by atoms with Gasteiger partial charge in [-0.2, -0.15) is 0 Å². The number of carbonyl (C=O) groups is 1. The number of hydrogen-bond donors (Lipinski definition) is 1. The van der Waals surface area contributed by atoms with Crippen molar-refractivity contribution in [2.45, 2.75) is 19.3 Å². The fourth-order valence-electron chi connectivity index (χ4n) is 2.30. The molecule has 0 spiro atoms. The standard InChI is InChI=1S/C18H18F4N2O2/c1-12(13-3-5-14(19)6-4-13)24(2)11-17(25)23-15-7-9-16(10-8-15)26-18(20,21)22/h3-10,12H,11H2,1-2H3,(H,23,25)/t12-/m0/s1. The first-order valence-electron chi connectivity index (χ1n) is 7.75. The molecule has 0 aromatic heterocycles. The largest absolute Gasteiger partial charge is 0.573 e. The number of halogens is 4. The number of alkyl halides is 3. The van der Waals surface area contributed by atoms with Crippen LogP contribution in [0.2, 0.25) is 0 Å². The zero-order valence-electron chi connectivity index (χ0n) is 14.2. The van der Waals surface area contributed by atoms with Gasteiger partial charge in [-0.15, -0.1) is 13.2 Å². The fourth-order valence-corrected chi connectivity index (χ4v) is 2.30. The summed E-state index contributed by atoms with van der Waals surface area (Å²) in [6.45, 7) is 1.93. The molecule has 0 aliphatic rings. The van der Waals surface area contributed by atoms with Crippen molar-refractivity contribution < 1.29 is 27.1 Å². The van der Waals surface area contributed by atoms with Crippen molar-refractivity contribution in [1.82, 2.24) is 4.90 Å². The molecule has 0 unspecified atom stereocenters. The van der Waals surface area contributed by atoms with Crippen molar-refractivity contribution in [3.05, 3.63) is 59.9 Å². The molecule has 1 atom stereocenters. The third-order valence-corrected chi connectivity index (χ3v) is 3.78. The number of carbonyl (C=O) groups excluding carboxylic acids is 1. The predicted molar refractivity (Wildman–Crippen MR) is 89.2 cm³/mol. The maximum atomic E-state index is 13.0. The van der Waals surface area contributed by atoms with Crippen LogP contribution in [0.15, 0.2) is 48.5 Å². The Labute approximate surface area is 148 Å². The van der Waals surface area contributed by atoms with E-state index in [1.165, 1.54) is 24.3 Å². The van der Waals surface area contributed by atoms with Gasteiger partial charge >= 0.3 is 6.36 Å². The van der Waals surface area contributed by atoms with Crippen molar-refractivity contribution in [3.8, 4) is 5.75 Å². The molecule has 2 aromatic carbocycles. The maximum Gasteiger partial charge on any atom is 0.573 e.